The summed E-state index contributed by atoms with van der Waals surface area (Å²) in [6.07, 6.45) is 5.67. The van der Waals surface area contributed by atoms with Crippen molar-refractivity contribution in [1.29, 1.82) is 0 Å². The van der Waals surface area contributed by atoms with Crippen LogP contribution >= 0.6 is 0 Å². The standard InChI is InChI=1S/C15H17N3O/c1-3-7-13-11(2)16-10-14(13)18-15(19)17-12-8-5-4-6-9-12/h3-10,13H,1-2H3,(H2,17,18,19)/b7-3-. The minimum atomic E-state index is -0.253. The molecular formula is C15H17N3O. The molecule has 0 fully saturated rings. The van der Waals surface area contributed by atoms with Crippen LogP contribution in [-0.2, 0) is 0 Å². The van der Waals surface area contributed by atoms with Gasteiger partial charge < -0.3 is 10.6 Å². The summed E-state index contributed by atoms with van der Waals surface area (Å²) in [4.78, 5) is 16.1. The number of hydrogen-bond acceptors (Lipinski definition) is 2. The Morgan fingerprint density at radius 2 is 2.00 bits per heavy atom. The van der Waals surface area contributed by atoms with Gasteiger partial charge in [-0.3, -0.25) is 4.99 Å². The molecule has 0 saturated heterocycles. The lowest BCUT2D eigenvalue weighted by atomic mass is 10.0. The van der Waals surface area contributed by atoms with Crippen molar-refractivity contribution in [3.8, 4) is 0 Å². The molecule has 0 radical (unpaired) electrons. The first kappa shape index (κ1) is 13.1. The van der Waals surface area contributed by atoms with Crippen molar-refractivity contribution in [2.24, 2.45) is 10.9 Å². The molecule has 1 aliphatic rings. The second-order valence-corrected chi connectivity index (χ2v) is 4.30. The first-order valence-corrected chi connectivity index (χ1v) is 6.21. The van der Waals surface area contributed by atoms with Crippen molar-refractivity contribution in [2.75, 3.05) is 5.32 Å². The third-order valence-electron chi connectivity index (χ3n) is 2.87. The lowest BCUT2D eigenvalue weighted by Crippen LogP contribution is -2.31. The van der Waals surface area contributed by atoms with E-state index in [1.807, 2.05) is 56.3 Å². The number of benzene rings is 1. The van der Waals surface area contributed by atoms with Gasteiger partial charge in [-0.2, -0.15) is 0 Å². The summed E-state index contributed by atoms with van der Waals surface area (Å²) < 4.78 is 0. The van der Waals surface area contributed by atoms with E-state index in [0.29, 0.717) is 0 Å². The van der Waals surface area contributed by atoms with Crippen LogP contribution in [0.4, 0.5) is 10.5 Å². The highest BCUT2D eigenvalue weighted by molar-refractivity contribution is 5.95. The van der Waals surface area contributed by atoms with Gasteiger partial charge in [0.25, 0.3) is 0 Å². The largest absolute Gasteiger partial charge is 0.323 e. The highest BCUT2D eigenvalue weighted by Crippen LogP contribution is 2.19. The van der Waals surface area contributed by atoms with Gasteiger partial charge in [-0.15, -0.1) is 0 Å². The number of anilines is 1. The molecular weight excluding hydrogens is 238 g/mol. The smallest absolute Gasteiger partial charge is 0.309 e. The molecule has 2 N–H and O–H groups in total. The number of urea groups is 1. The Labute approximate surface area is 112 Å². The Kier molecular flexibility index (Phi) is 4.13. The summed E-state index contributed by atoms with van der Waals surface area (Å²) in [7, 11) is 0. The molecule has 19 heavy (non-hydrogen) atoms. The number of carbonyl (C=O) groups is 1. The van der Waals surface area contributed by atoms with Crippen LogP contribution in [0.5, 0.6) is 0 Å². The molecule has 0 aromatic heterocycles. The van der Waals surface area contributed by atoms with Crippen LogP contribution in [0.15, 0.2) is 59.4 Å². The van der Waals surface area contributed by atoms with Crippen LogP contribution in [0.3, 0.4) is 0 Å². The third kappa shape index (κ3) is 3.31. The average molecular weight is 255 g/mol. The van der Waals surface area contributed by atoms with Crippen LogP contribution in [0.25, 0.3) is 0 Å². The molecule has 0 bridgehead atoms. The summed E-state index contributed by atoms with van der Waals surface area (Å²) in [5.74, 6) is 0.0616. The number of allylic oxidation sites excluding steroid dienone is 2. The number of aliphatic imine (C=N–C) groups is 1. The van der Waals surface area contributed by atoms with E-state index in [1.165, 1.54) is 0 Å². The van der Waals surface area contributed by atoms with Crippen molar-refractivity contribution in [1.82, 2.24) is 5.32 Å². The first-order valence-electron chi connectivity index (χ1n) is 6.21. The maximum absolute atomic E-state index is 11.9. The first-order chi connectivity index (χ1) is 9.20. The van der Waals surface area contributed by atoms with Gasteiger partial charge in [-0.25, -0.2) is 4.79 Å². The highest BCUT2D eigenvalue weighted by Gasteiger charge is 2.20. The molecule has 1 aromatic carbocycles. The topological polar surface area (TPSA) is 53.5 Å². The predicted octanol–water partition coefficient (Wildman–Crippen LogP) is 3.32. The van der Waals surface area contributed by atoms with Gasteiger partial charge in [0.2, 0.25) is 0 Å². The normalized spacial score (nSPS) is 18.1. The second-order valence-electron chi connectivity index (χ2n) is 4.30. The molecule has 4 nitrogen and oxygen atoms in total. The quantitative estimate of drug-likeness (QED) is 0.800. The molecule has 1 atom stereocenters. The Morgan fingerprint density at radius 1 is 1.26 bits per heavy atom. The van der Waals surface area contributed by atoms with Gasteiger partial charge >= 0.3 is 6.03 Å². The molecule has 1 aromatic rings. The lowest BCUT2D eigenvalue weighted by molar-refractivity contribution is 0.254. The second kappa shape index (κ2) is 6.00. The van der Waals surface area contributed by atoms with E-state index in [2.05, 4.69) is 15.6 Å². The molecule has 98 valence electrons. The SMILES string of the molecule is C/C=C\C1C(NC(=O)Nc2ccccc2)=CN=C1C. The van der Waals surface area contributed by atoms with Gasteiger partial charge in [-0.1, -0.05) is 30.4 Å². The van der Waals surface area contributed by atoms with E-state index < -0.39 is 0 Å². The summed E-state index contributed by atoms with van der Waals surface area (Å²) in [6, 6.07) is 9.08. The zero-order valence-electron chi connectivity index (χ0n) is 11.1. The van der Waals surface area contributed by atoms with Crippen LogP contribution in [-0.4, -0.2) is 11.7 Å². The van der Waals surface area contributed by atoms with Crippen molar-refractivity contribution < 1.29 is 4.79 Å². The van der Waals surface area contributed by atoms with Crippen LogP contribution < -0.4 is 10.6 Å². The lowest BCUT2D eigenvalue weighted by Gasteiger charge is -2.13. The summed E-state index contributed by atoms with van der Waals surface area (Å²) in [5.41, 5.74) is 2.54. The van der Waals surface area contributed by atoms with Gasteiger partial charge in [-0.05, 0) is 26.0 Å². The van der Waals surface area contributed by atoms with Crippen molar-refractivity contribution in [2.45, 2.75) is 13.8 Å². The fourth-order valence-corrected chi connectivity index (χ4v) is 1.92. The third-order valence-corrected chi connectivity index (χ3v) is 2.87. The molecule has 4 heteroatoms. The van der Waals surface area contributed by atoms with Crippen molar-refractivity contribution >= 4 is 17.4 Å². The maximum Gasteiger partial charge on any atom is 0.323 e. The number of nitrogens with one attached hydrogen (secondary N) is 2. The zero-order chi connectivity index (χ0) is 13.7. The number of nitrogens with zero attached hydrogens (tertiary/aromatic N) is 1. The number of carbonyl (C=O) groups excluding carboxylic acids is 1. The van der Waals surface area contributed by atoms with E-state index in [4.69, 9.17) is 0 Å². The van der Waals surface area contributed by atoms with E-state index in [0.717, 1.165) is 17.1 Å². The Morgan fingerprint density at radius 3 is 2.68 bits per heavy atom. The highest BCUT2D eigenvalue weighted by atomic mass is 16.2. The summed E-state index contributed by atoms with van der Waals surface area (Å²) in [6.45, 7) is 3.90. The average Bonchev–Trinajstić information content (AvgIpc) is 2.73. The molecule has 1 unspecified atom stereocenters. The number of rotatable bonds is 3. The molecule has 0 saturated carbocycles. The van der Waals surface area contributed by atoms with Crippen LogP contribution in [0.2, 0.25) is 0 Å². The number of hydrogen-bond donors (Lipinski definition) is 2. The Hall–Kier alpha value is -2.36. The molecule has 2 amide bonds. The van der Waals surface area contributed by atoms with Crippen molar-refractivity contribution in [3.63, 3.8) is 0 Å². The zero-order valence-corrected chi connectivity index (χ0v) is 11.1. The molecule has 2 rings (SSSR count). The van der Waals surface area contributed by atoms with Gasteiger partial charge in [0.1, 0.15) is 0 Å². The fourth-order valence-electron chi connectivity index (χ4n) is 1.92. The molecule has 0 aliphatic carbocycles. The summed E-state index contributed by atoms with van der Waals surface area (Å²) in [5, 5.41) is 5.62. The molecule has 0 spiro atoms. The van der Waals surface area contributed by atoms with E-state index in [9.17, 15) is 4.79 Å². The monoisotopic (exact) mass is 255 g/mol. The predicted molar refractivity (Wildman–Crippen MR) is 78.1 cm³/mol. The van der Waals surface area contributed by atoms with Gasteiger partial charge in [0.05, 0.1) is 11.6 Å². The van der Waals surface area contributed by atoms with Crippen molar-refractivity contribution in [3.05, 3.63) is 54.4 Å². The van der Waals surface area contributed by atoms with Gasteiger partial charge in [0.15, 0.2) is 0 Å². The summed E-state index contributed by atoms with van der Waals surface area (Å²) >= 11 is 0. The molecule has 1 heterocycles. The minimum absolute atomic E-state index is 0.0616. The van der Waals surface area contributed by atoms with E-state index in [1.54, 1.807) is 6.20 Å². The minimum Gasteiger partial charge on any atom is -0.309 e. The van der Waals surface area contributed by atoms with Gasteiger partial charge in [0, 0.05) is 17.6 Å². The maximum atomic E-state index is 11.9. The number of amides is 2. The Balaban J connectivity index is 1.97. The van der Waals surface area contributed by atoms with E-state index >= 15 is 0 Å². The van der Waals surface area contributed by atoms with Crippen LogP contribution in [0, 0.1) is 5.92 Å². The van der Waals surface area contributed by atoms with Crippen LogP contribution in [0.1, 0.15) is 13.8 Å². The Bertz CT molecular complexity index is 544. The number of para-hydroxylation sites is 1. The molecule has 1 aliphatic heterocycles. The fraction of sp³-hybridized carbons (Fsp3) is 0.200. The van der Waals surface area contributed by atoms with E-state index in [-0.39, 0.29) is 11.9 Å².